The second-order valence-corrected chi connectivity index (χ2v) is 7.82. The van der Waals surface area contributed by atoms with Crippen molar-refractivity contribution in [1.82, 2.24) is 19.9 Å². The first-order valence-electron chi connectivity index (χ1n) is 10.8. The normalized spacial score (nSPS) is 14.9. The van der Waals surface area contributed by atoms with Gasteiger partial charge in [-0.05, 0) is 18.1 Å². The summed E-state index contributed by atoms with van der Waals surface area (Å²) in [4.78, 5) is 21.4. The van der Waals surface area contributed by atoms with E-state index in [2.05, 4.69) is 39.3 Å². The molecule has 2 aromatic carbocycles. The first-order valence-corrected chi connectivity index (χ1v) is 10.8. The molecule has 0 saturated carbocycles. The van der Waals surface area contributed by atoms with Gasteiger partial charge in [-0.25, -0.2) is 0 Å². The summed E-state index contributed by atoms with van der Waals surface area (Å²) in [5, 5.41) is 4.07. The van der Waals surface area contributed by atoms with Gasteiger partial charge in [-0.2, -0.15) is 4.98 Å². The summed E-state index contributed by atoms with van der Waals surface area (Å²) in [5.41, 5.74) is 3.27. The molecule has 0 aliphatic carbocycles. The smallest absolute Gasteiger partial charge is 0.227 e. The number of carbonyl (C=O) groups is 1. The van der Waals surface area contributed by atoms with E-state index in [4.69, 9.17) is 4.52 Å². The van der Waals surface area contributed by atoms with Crippen LogP contribution in [0.25, 0.3) is 17.5 Å². The van der Waals surface area contributed by atoms with Gasteiger partial charge in [-0.1, -0.05) is 71.9 Å². The Kier molecular flexibility index (Phi) is 6.89. The molecule has 1 fully saturated rings. The number of piperazine rings is 1. The molecule has 4 rings (SSSR count). The summed E-state index contributed by atoms with van der Waals surface area (Å²) < 4.78 is 5.36. The lowest BCUT2D eigenvalue weighted by molar-refractivity contribution is -0.132. The number of aromatic nitrogens is 2. The average Bonchev–Trinajstić information content (AvgIpc) is 3.28. The van der Waals surface area contributed by atoms with Gasteiger partial charge >= 0.3 is 0 Å². The van der Waals surface area contributed by atoms with E-state index in [1.165, 1.54) is 5.56 Å². The number of carbonyl (C=O) groups excluding carboxylic acids is 1. The van der Waals surface area contributed by atoms with Crippen LogP contribution in [0.5, 0.6) is 0 Å². The Morgan fingerprint density at radius 3 is 2.55 bits per heavy atom. The van der Waals surface area contributed by atoms with Crippen LogP contribution >= 0.6 is 0 Å². The molecule has 3 aromatic rings. The number of hydrogen-bond donors (Lipinski definition) is 0. The second kappa shape index (κ2) is 10.2. The average molecular weight is 417 g/mol. The van der Waals surface area contributed by atoms with Gasteiger partial charge < -0.3 is 9.42 Å². The number of benzene rings is 2. The molecule has 1 aliphatic heterocycles. The number of rotatable bonds is 7. The molecule has 0 atom stereocenters. The molecule has 2 heterocycles. The number of nitrogens with zero attached hydrogens (tertiary/aromatic N) is 4. The Labute approximate surface area is 183 Å². The number of hydrogen-bond acceptors (Lipinski definition) is 5. The van der Waals surface area contributed by atoms with Crippen LogP contribution in [0.2, 0.25) is 0 Å². The highest BCUT2D eigenvalue weighted by Gasteiger charge is 2.21. The van der Waals surface area contributed by atoms with E-state index in [-0.39, 0.29) is 5.91 Å². The summed E-state index contributed by atoms with van der Waals surface area (Å²) >= 11 is 0. The molecule has 0 spiro atoms. The van der Waals surface area contributed by atoms with E-state index < -0.39 is 0 Å². The minimum atomic E-state index is 0.148. The van der Waals surface area contributed by atoms with Crippen LogP contribution < -0.4 is 0 Å². The molecule has 6 nitrogen and oxygen atoms in total. The zero-order valence-corrected chi connectivity index (χ0v) is 17.9. The van der Waals surface area contributed by atoms with Crippen LogP contribution in [0.3, 0.4) is 0 Å². The summed E-state index contributed by atoms with van der Waals surface area (Å²) in [6.07, 6.45) is 5.20. The SMILES string of the molecule is Cc1ccccc1-c1noc(CCC(=O)N2CCN(C/C=C/c3ccccc3)CC2)n1. The van der Waals surface area contributed by atoms with Crippen molar-refractivity contribution in [2.45, 2.75) is 19.8 Å². The van der Waals surface area contributed by atoms with Gasteiger partial charge in [0.15, 0.2) is 0 Å². The van der Waals surface area contributed by atoms with Crippen molar-refractivity contribution < 1.29 is 9.32 Å². The minimum absolute atomic E-state index is 0.148. The van der Waals surface area contributed by atoms with Crippen LogP contribution in [-0.4, -0.2) is 58.6 Å². The fraction of sp³-hybridized carbons (Fsp3) is 0.320. The first-order chi connectivity index (χ1) is 15.2. The van der Waals surface area contributed by atoms with Crippen LogP contribution in [-0.2, 0) is 11.2 Å². The molecule has 0 radical (unpaired) electrons. The third kappa shape index (κ3) is 5.67. The maximum Gasteiger partial charge on any atom is 0.227 e. The van der Waals surface area contributed by atoms with Gasteiger partial charge in [-0.3, -0.25) is 9.69 Å². The molecule has 1 aromatic heterocycles. The monoisotopic (exact) mass is 416 g/mol. The molecule has 160 valence electrons. The number of aryl methyl sites for hydroxylation is 2. The highest BCUT2D eigenvalue weighted by molar-refractivity contribution is 5.76. The van der Waals surface area contributed by atoms with Crippen molar-refractivity contribution in [2.75, 3.05) is 32.7 Å². The standard InChI is InChI=1S/C25H28N4O2/c1-20-8-5-6-12-22(20)25-26-23(31-27-25)13-14-24(30)29-18-16-28(17-19-29)15-7-11-21-9-3-2-4-10-21/h2-12H,13-19H2,1H3/b11-7+. The molecule has 31 heavy (non-hydrogen) atoms. The largest absolute Gasteiger partial charge is 0.340 e. The topological polar surface area (TPSA) is 62.5 Å². The third-order valence-corrected chi connectivity index (χ3v) is 5.61. The third-order valence-electron chi connectivity index (χ3n) is 5.61. The Morgan fingerprint density at radius 2 is 1.77 bits per heavy atom. The van der Waals surface area contributed by atoms with Crippen molar-refractivity contribution in [1.29, 1.82) is 0 Å². The fourth-order valence-corrected chi connectivity index (χ4v) is 3.74. The van der Waals surface area contributed by atoms with Crippen molar-refractivity contribution in [3.8, 4) is 11.4 Å². The van der Waals surface area contributed by atoms with Crippen molar-refractivity contribution in [3.05, 3.63) is 77.7 Å². The highest BCUT2D eigenvalue weighted by Crippen LogP contribution is 2.20. The lowest BCUT2D eigenvalue weighted by atomic mass is 10.1. The van der Waals surface area contributed by atoms with E-state index in [9.17, 15) is 4.79 Å². The summed E-state index contributed by atoms with van der Waals surface area (Å²) in [7, 11) is 0. The maximum atomic E-state index is 12.6. The molecular weight excluding hydrogens is 388 g/mol. The number of amides is 1. The Balaban J connectivity index is 1.21. The summed E-state index contributed by atoms with van der Waals surface area (Å²) in [6.45, 7) is 6.23. The quantitative estimate of drug-likeness (QED) is 0.586. The Hall–Kier alpha value is -3.25. The fourth-order valence-electron chi connectivity index (χ4n) is 3.74. The predicted molar refractivity (Wildman–Crippen MR) is 121 cm³/mol. The van der Waals surface area contributed by atoms with E-state index in [0.29, 0.717) is 24.6 Å². The highest BCUT2D eigenvalue weighted by atomic mass is 16.5. The zero-order valence-electron chi connectivity index (χ0n) is 17.9. The molecule has 0 unspecified atom stereocenters. The van der Waals surface area contributed by atoms with E-state index >= 15 is 0 Å². The van der Waals surface area contributed by atoms with Gasteiger partial charge in [0, 0.05) is 51.1 Å². The zero-order chi connectivity index (χ0) is 21.5. The van der Waals surface area contributed by atoms with Crippen LogP contribution in [0.4, 0.5) is 0 Å². The molecule has 0 bridgehead atoms. The van der Waals surface area contributed by atoms with Crippen LogP contribution in [0.1, 0.15) is 23.4 Å². The second-order valence-electron chi connectivity index (χ2n) is 7.82. The van der Waals surface area contributed by atoms with Crippen molar-refractivity contribution in [3.63, 3.8) is 0 Å². The van der Waals surface area contributed by atoms with Crippen LogP contribution in [0, 0.1) is 6.92 Å². The lowest BCUT2D eigenvalue weighted by Crippen LogP contribution is -2.48. The Bertz CT molecular complexity index is 1020. The van der Waals surface area contributed by atoms with E-state index in [0.717, 1.165) is 43.9 Å². The van der Waals surface area contributed by atoms with Gasteiger partial charge in [0.1, 0.15) is 0 Å². The maximum absolute atomic E-state index is 12.6. The van der Waals surface area contributed by atoms with Gasteiger partial charge in [0.05, 0.1) is 0 Å². The van der Waals surface area contributed by atoms with E-state index in [1.807, 2.05) is 54.3 Å². The molecule has 6 heteroatoms. The van der Waals surface area contributed by atoms with Gasteiger partial charge in [-0.15, -0.1) is 0 Å². The molecule has 0 N–H and O–H groups in total. The van der Waals surface area contributed by atoms with Gasteiger partial charge in [0.2, 0.25) is 17.6 Å². The molecule has 1 saturated heterocycles. The molecule has 1 amide bonds. The summed E-state index contributed by atoms with van der Waals surface area (Å²) in [6, 6.07) is 18.2. The first kappa shape index (κ1) is 21.0. The van der Waals surface area contributed by atoms with Crippen molar-refractivity contribution >= 4 is 12.0 Å². The van der Waals surface area contributed by atoms with E-state index in [1.54, 1.807) is 0 Å². The predicted octanol–water partition coefficient (Wildman–Crippen LogP) is 3.84. The van der Waals surface area contributed by atoms with Crippen LogP contribution in [0.15, 0.2) is 65.2 Å². The van der Waals surface area contributed by atoms with Gasteiger partial charge in [0.25, 0.3) is 0 Å². The van der Waals surface area contributed by atoms with Crippen molar-refractivity contribution in [2.24, 2.45) is 0 Å². The summed E-state index contributed by atoms with van der Waals surface area (Å²) in [5.74, 6) is 1.24. The molecule has 1 aliphatic rings. The molecular formula is C25H28N4O2. The lowest BCUT2D eigenvalue weighted by Gasteiger charge is -2.34. The minimum Gasteiger partial charge on any atom is -0.340 e. The Morgan fingerprint density at radius 1 is 1.03 bits per heavy atom.